The van der Waals surface area contributed by atoms with Crippen LogP contribution in [-0.2, 0) is 14.3 Å². The molecule has 0 fully saturated rings. The molecule has 0 radical (unpaired) electrons. The first kappa shape index (κ1) is 23.6. The van der Waals surface area contributed by atoms with E-state index in [0.29, 0.717) is 24.0 Å². The first-order chi connectivity index (χ1) is 13.1. The van der Waals surface area contributed by atoms with Crippen LogP contribution in [0.3, 0.4) is 0 Å². The number of ether oxygens (including phenoxy) is 3. The Hall–Kier alpha value is -2.48. The van der Waals surface area contributed by atoms with Gasteiger partial charge < -0.3 is 24.4 Å². The van der Waals surface area contributed by atoms with Crippen LogP contribution < -0.4 is 14.8 Å². The molecular weight excluding hydrogens is 388 g/mol. The second-order valence-electron chi connectivity index (χ2n) is 6.66. The maximum Gasteiger partial charge on any atom is 0.338 e. The third kappa shape index (κ3) is 7.64. The Morgan fingerprint density at radius 2 is 1.89 bits per heavy atom. The van der Waals surface area contributed by atoms with E-state index in [9.17, 15) is 14.4 Å². The lowest BCUT2D eigenvalue weighted by Gasteiger charge is -2.15. The molecule has 28 heavy (non-hydrogen) atoms. The smallest absolute Gasteiger partial charge is 0.338 e. The summed E-state index contributed by atoms with van der Waals surface area (Å²) in [5.74, 6) is -0.494. The molecule has 0 aliphatic carbocycles. The lowest BCUT2D eigenvalue weighted by atomic mass is 10.1. The molecule has 2 amide bonds. The van der Waals surface area contributed by atoms with E-state index in [-0.39, 0.29) is 23.0 Å². The number of carbonyl (C=O) groups excluding carboxylic acids is 3. The van der Waals surface area contributed by atoms with Crippen molar-refractivity contribution >= 4 is 29.4 Å². The van der Waals surface area contributed by atoms with Crippen molar-refractivity contribution in [3.63, 3.8) is 0 Å². The van der Waals surface area contributed by atoms with Gasteiger partial charge in [-0.05, 0) is 24.5 Å². The average molecular weight is 415 g/mol. The molecule has 0 aliphatic heterocycles. The molecule has 1 rings (SSSR count). The highest BCUT2D eigenvalue weighted by atomic mass is 35.5. The number of carbonyl (C=O) groups is 3. The number of rotatable bonds is 10. The minimum atomic E-state index is -0.747. The number of esters is 1. The van der Waals surface area contributed by atoms with Crippen molar-refractivity contribution in [3.8, 4) is 11.5 Å². The Morgan fingerprint density at radius 3 is 2.46 bits per heavy atom. The summed E-state index contributed by atoms with van der Waals surface area (Å²) in [7, 11) is 4.58. The van der Waals surface area contributed by atoms with Crippen LogP contribution in [0.2, 0.25) is 5.02 Å². The van der Waals surface area contributed by atoms with Gasteiger partial charge in [0, 0.05) is 14.1 Å². The summed E-state index contributed by atoms with van der Waals surface area (Å²) in [4.78, 5) is 36.7. The second kappa shape index (κ2) is 11.4. The molecule has 1 aromatic carbocycles. The Balaban J connectivity index is 2.69. The van der Waals surface area contributed by atoms with E-state index in [2.05, 4.69) is 19.2 Å². The summed E-state index contributed by atoms with van der Waals surface area (Å²) < 4.78 is 15.9. The summed E-state index contributed by atoms with van der Waals surface area (Å²) in [6, 6.07) is 2.83. The quantitative estimate of drug-likeness (QED) is 0.589. The molecular formula is C19H27ClN2O6. The number of benzene rings is 1. The molecule has 0 atom stereocenters. The number of nitrogens with one attached hydrogen (secondary N) is 1. The van der Waals surface area contributed by atoms with E-state index in [0.717, 1.165) is 6.42 Å². The molecule has 0 saturated carbocycles. The van der Waals surface area contributed by atoms with E-state index in [1.807, 2.05) is 0 Å². The largest absolute Gasteiger partial charge is 0.493 e. The Morgan fingerprint density at radius 1 is 1.21 bits per heavy atom. The molecule has 0 saturated heterocycles. The van der Waals surface area contributed by atoms with Gasteiger partial charge in [-0.2, -0.15) is 0 Å². The lowest BCUT2D eigenvalue weighted by Crippen LogP contribution is -2.38. The van der Waals surface area contributed by atoms with E-state index < -0.39 is 18.5 Å². The molecule has 0 aromatic heterocycles. The minimum absolute atomic E-state index is 0.121. The monoisotopic (exact) mass is 414 g/mol. The predicted molar refractivity (Wildman–Crippen MR) is 105 cm³/mol. The standard InChI is InChI=1S/C19H27ClN2O6/c1-12(2)6-7-27-18-14(20)8-13(9-15(18)26-5)19(25)28-11-16(23)21-10-17(24)22(3)4/h8-9,12H,6-7,10-11H2,1-5H3,(H,21,23). The molecule has 0 spiro atoms. The van der Waals surface area contributed by atoms with Gasteiger partial charge in [0.1, 0.15) is 0 Å². The third-order valence-corrected chi connectivity index (χ3v) is 3.96. The van der Waals surface area contributed by atoms with Gasteiger partial charge in [0.15, 0.2) is 18.1 Å². The van der Waals surface area contributed by atoms with Gasteiger partial charge in [0.25, 0.3) is 5.91 Å². The number of hydrogen-bond donors (Lipinski definition) is 1. The van der Waals surface area contributed by atoms with Gasteiger partial charge in [-0.3, -0.25) is 9.59 Å². The van der Waals surface area contributed by atoms with Gasteiger partial charge in [0.2, 0.25) is 5.91 Å². The zero-order valence-electron chi connectivity index (χ0n) is 16.8. The highest BCUT2D eigenvalue weighted by molar-refractivity contribution is 6.32. The van der Waals surface area contributed by atoms with Gasteiger partial charge in [-0.1, -0.05) is 25.4 Å². The first-order valence-corrected chi connectivity index (χ1v) is 9.17. The van der Waals surface area contributed by atoms with Crippen molar-refractivity contribution < 1.29 is 28.6 Å². The minimum Gasteiger partial charge on any atom is -0.493 e. The molecule has 0 unspecified atom stereocenters. The summed E-state index contributed by atoms with van der Waals surface area (Å²) in [5, 5.41) is 2.57. The van der Waals surface area contributed by atoms with Crippen LogP contribution >= 0.6 is 11.6 Å². The van der Waals surface area contributed by atoms with Crippen LogP contribution in [-0.4, -0.2) is 63.6 Å². The molecule has 1 N–H and O–H groups in total. The van der Waals surface area contributed by atoms with Gasteiger partial charge in [-0.15, -0.1) is 0 Å². The zero-order chi connectivity index (χ0) is 21.3. The fourth-order valence-electron chi connectivity index (χ4n) is 1.97. The van der Waals surface area contributed by atoms with Crippen molar-refractivity contribution in [2.75, 3.05) is 41.0 Å². The predicted octanol–water partition coefficient (Wildman–Crippen LogP) is 2.13. The maximum absolute atomic E-state index is 12.2. The number of halogens is 1. The summed E-state index contributed by atoms with van der Waals surface area (Å²) >= 11 is 6.22. The zero-order valence-corrected chi connectivity index (χ0v) is 17.6. The fraction of sp³-hybridized carbons (Fsp3) is 0.526. The lowest BCUT2D eigenvalue weighted by molar-refractivity contribution is -0.131. The second-order valence-corrected chi connectivity index (χ2v) is 7.07. The average Bonchev–Trinajstić information content (AvgIpc) is 2.64. The van der Waals surface area contributed by atoms with Gasteiger partial charge in [-0.25, -0.2) is 4.79 Å². The fourth-order valence-corrected chi connectivity index (χ4v) is 2.24. The van der Waals surface area contributed by atoms with Crippen molar-refractivity contribution in [1.29, 1.82) is 0 Å². The third-order valence-electron chi connectivity index (χ3n) is 3.68. The molecule has 9 heteroatoms. The van der Waals surface area contributed by atoms with Crippen LogP contribution in [0.1, 0.15) is 30.6 Å². The normalized spacial score (nSPS) is 10.4. The number of hydrogen-bond acceptors (Lipinski definition) is 6. The van der Waals surface area contributed by atoms with E-state index in [4.69, 9.17) is 25.8 Å². The van der Waals surface area contributed by atoms with Crippen molar-refractivity contribution in [1.82, 2.24) is 10.2 Å². The van der Waals surface area contributed by atoms with Crippen molar-refractivity contribution in [2.45, 2.75) is 20.3 Å². The molecule has 8 nitrogen and oxygen atoms in total. The van der Waals surface area contributed by atoms with E-state index in [1.165, 1.54) is 24.1 Å². The van der Waals surface area contributed by atoms with Crippen molar-refractivity contribution in [2.24, 2.45) is 5.92 Å². The first-order valence-electron chi connectivity index (χ1n) is 8.80. The van der Waals surface area contributed by atoms with Gasteiger partial charge >= 0.3 is 5.97 Å². The van der Waals surface area contributed by atoms with Crippen LogP contribution in [0.5, 0.6) is 11.5 Å². The van der Waals surface area contributed by atoms with E-state index in [1.54, 1.807) is 14.1 Å². The summed E-state index contributed by atoms with van der Waals surface area (Å²) in [5.41, 5.74) is 0.121. The van der Waals surface area contributed by atoms with E-state index >= 15 is 0 Å². The van der Waals surface area contributed by atoms with Crippen LogP contribution in [0, 0.1) is 5.92 Å². The molecule has 156 valence electrons. The topological polar surface area (TPSA) is 94.2 Å². The maximum atomic E-state index is 12.2. The Labute approximate surface area is 170 Å². The molecule has 0 heterocycles. The van der Waals surface area contributed by atoms with Crippen LogP contribution in [0.15, 0.2) is 12.1 Å². The number of amides is 2. The Bertz CT molecular complexity index is 706. The molecule has 1 aromatic rings. The van der Waals surface area contributed by atoms with Crippen LogP contribution in [0.25, 0.3) is 0 Å². The SMILES string of the molecule is COc1cc(C(=O)OCC(=O)NCC(=O)N(C)C)cc(Cl)c1OCCC(C)C. The number of nitrogens with zero attached hydrogens (tertiary/aromatic N) is 1. The summed E-state index contributed by atoms with van der Waals surface area (Å²) in [6.45, 7) is 3.92. The van der Waals surface area contributed by atoms with Crippen LogP contribution in [0.4, 0.5) is 0 Å². The number of likely N-dealkylation sites (N-methyl/N-ethyl adjacent to an activating group) is 1. The van der Waals surface area contributed by atoms with Crippen molar-refractivity contribution in [3.05, 3.63) is 22.7 Å². The molecule has 0 aliphatic rings. The van der Waals surface area contributed by atoms with Gasteiger partial charge in [0.05, 0.1) is 30.8 Å². The summed E-state index contributed by atoms with van der Waals surface area (Å²) in [6.07, 6.45) is 0.842. The number of methoxy groups -OCH3 is 1. The Kier molecular flexibility index (Phi) is 9.58. The highest BCUT2D eigenvalue weighted by Crippen LogP contribution is 2.36. The molecule has 0 bridgehead atoms. The highest BCUT2D eigenvalue weighted by Gasteiger charge is 2.18.